The van der Waals surface area contributed by atoms with Crippen LogP contribution in [0.15, 0.2) is 84.9 Å². The van der Waals surface area contributed by atoms with Gasteiger partial charge in [-0.1, -0.05) is 30.3 Å². The third-order valence-electron chi connectivity index (χ3n) is 4.32. The first-order valence-electron chi connectivity index (χ1n) is 8.46. The summed E-state index contributed by atoms with van der Waals surface area (Å²) in [6, 6.07) is 23.7. The van der Waals surface area contributed by atoms with E-state index >= 15 is 0 Å². The second-order valence-electron chi connectivity index (χ2n) is 6.20. The molecule has 4 rings (SSSR count). The van der Waals surface area contributed by atoms with Crippen molar-refractivity contribution in [1.82, 2.24) is 4.98 Å². The highest BCUT2D eigenvalue weighted by molar-refractivity contribution is 5.77. The Morgan fingerprint density at radius 3 is 2.00 bits per heavy atom. The fourth-order valence-electron chi connectivity index (χ4n) is 2.97. The molecule has 0 saturated heterocycles. The summed E-state index contributed by atoms with van der Waals surface area (Å²) in [5, 5.41) is 19.3. The SMILES string of the molecule is Oc1ccc(-c2cc(-c3ccccc3F)cc(-c3cccc(O)c3)n2)cc1. The molecule has 4 aromatic rings. The van der Waals surface area contributed by atoms with Crippen molar-refractivity contribution in [2.75, 3.05) is 0 Å². The number of phenolic OH excluding ortho intramolecular Hbond substituents is 2. The number of aromatic nitrogens is 1. The van der Waals surface area contributed by atoms with Gasteiger partial charge in [0.05, 0.1) is 11.4 Å². The normalized spacial score (nSPS) is 10.7. The molecule has 1 heterocycles. The molecule has 0 aliphatic rings. The highest BCUT2D eigenvalue weighted by Gasteiger charge is 2.11. The van der Waals surface area contributed by atoms with Gasteiger partial charge >= 0.3 is 0 Å². The first kappa shape index (κ1) is 16.8. The molecular weight excluding hydrogens is 341 g/mol. The van der Waals surface area contributed by atoms with Crippen molar-refractivity contribution < 1.29 is 14.6 Å². The van der Waals surface area contributed by atoms with Gasteiger partial charge in [0.25, 0.3) is 0 Å². The van der Waals surface area contributed by atoms with Gasteiger partial charge in [0, 0.05) is 16.7 Å². The van der Waals surface area contributed by atoms with E-state index in [9.17, 15) is 14.6 Å². The number of pyridine rings is 1. The molecule has 4 heteroatoms. The van der Waals surface area contributed by atoms with Crippen LogP contribution in [0.1, 0.15) is 0 Å². The number of aromatic hydroxyl groups is 2. The van der Waals surface area contributed by atoms with Crippen LogP contribution in [0.2, 0.25) is 0 Å². The Kier molecular flexibility index (Phi) is 4.30. The Bertz CT molecular complexity index is 1110. The summed E-state index contributed by atoms with van der Waals surface area (Å²) < 4.78 is 14.4. The number of hydrogen-bond donors (Lipinski definition) is 2. The van der Waals surface area contributed by atoms with Crippen molar-refractivity contribution in [1.29, 1.82) is 0 Å². The second kappa shape index (κ2) is 6.92. The highest BCUT2D eigenvalue weighted by Crippen LogP contribution is 2.32. The van der Waals surface area contributed by atoms with Gasteiger partial charge < -0.3 is 10.2 Å². The molecule has 0 radical (unpaired) electrons. The summed E-state index contributed by atoms with van der Waals surface area (Å²) >= 11 is 0. The maximum absolute atomic E-state index is 14.4. The Hall–Kier alpha value is -3.66. The Morgan fingerprint density at radius 2 is 1.30 bits per heavy atom. The molecule has 0 aliphatic carbocycles. The maximum Gasteiger partial charge on any atom is 0.131 e. The lowest BCUT2D eigenvalue weighted by Crippen LogP contribution is -1.92. The van der Waals surface area contributed by atoms with Crippen LogP contribution in [-0.2, 0) is 0 Å². The number of halogens is 1. The first-order chi connectivity index (χ1) is 13.1. The molecule has 132 valence electrons. The summed E-state index contributed by atoms with van der Waals surface area (Å²) in [6.07, 6.45) is 0. The largest absolute Gasteiger partial charge is 0.508 e. The van der Waals surface area contributed by atoms with Gasteiger partial charge in [-0.3, -0.25) is 0 Å². The molecule has 0 saturated carbocycles. The van der Waals surface area contributed by atoms with Gasteiger partial charge in [0.2, 0.25) is 0 Å². The molecule has 0 atom stereocenters. The Labute approximate surface area is 156 Å². The third-order valence-corrected chi connectivity index (χ3v) is 4.32. The molecule has 3 aromatic carbocycles. The van der Waals surface area contributed by atoms with Crippen LogP contribution in [-0.4, -0.2) is 15.2 Å². The third kappa shape index (κ3) is 3.51. The molecular formula is C23H16FNO2. The van der Waals surface area contributed by atoms with Crippen LogP contribution in [0.4, 0.5) is 4.39 Å². The minimum absolute atomic E-state index is 0.136. The van der Waals surface area contributed by atoms with E-state index in [2.05, 4.69) is 4.98 Å². The summed E-state index contributed by atoms with van der Waals surface area (Å²) in [6.45, 7) is 0. The summed E-state index contributed by atoms with van der Waals surface area (Å²) in [4.78, 5) is 4.68. The zero-order chi connectivity index (χ0) is 18.8. The van der Waals surface area contributed by atoms with Crippen LogP contribution < -0.4 is 0 Å². The van der Waals surface area contributed by atoms with Crippen molar-refractivity contribution >= 4 is 0 Å². The quantitative estimate of drug-likeness (QED) is 0.499. The van der Waals surface area contributed by atoms with Gasteiger partial charge in [-0.25, -0.2) is 9.37 Å². The monoisotopic (exact) mass is 357 g/mol. The van der Waals surface area contributed by atoms with E-state index in [0.717, 1.165) is 11.1 Å². The molecule has 1 aromatic heterocycles. The van der Waals surface area contributed by atoms with Gasteiger partial charge in [-0.2, -0.15) is 0 Å². The number of nitrogens with zero attached hydrogens (tertiary/aromatic N) is 1. The lowest BCUT2D eigenvalue weighted by Gasteiger charge is -2.11. The Balaban J connectivity index is 1.94. The maximum atomic E-state index is 14.4. The Morgan fingerprint density at radius 1 is 0.593 bits per heavy atom. The van der Waals surface area contributed by atoms with E-state index < -0.39 is 0 Å². The fourth-order valence-corrected chi connectivity index (χ4v) is 2.97. The van der Waals surface area contributed by atoms with Gasteiger partial charge in [-0.15, -0.1) is 0 Å². The van der Waals surface area contributed by atoms with Crippen molar-refractivity contribution in [3.05, 3.63) is 90.7 Å². The van der Waals surface area contributed by atoms with Crippen molar-refractivity contribution in [3.8, 4) is 45.1 Å². The zero-order valence-corrected chi connectivity index (χ0v) is 14.3. The number of rotatable bonds is 3. The lowest BCUT2D eigenvalue weighted by atomic mass is 9.99. The topological polar surface area (TPSA) is 53.4 Å². The van der Waals surface area contributed by atoms with E-state index in [1.807, 2.05) is 12.1 Å². The minimum atomic E-state index is -0.317. The molecule has 0 unspecified atom stereocenters. The average Bonchev–Trinajstić information content (AvgIpc) is 2.68. The molecule has 0 amide bonds. The molecule has 3 nitrogen and oxygen atoms in total. The predicted octanol–water partition coefficient (Wildman–Crippen LogP) is 5.63. The molecule has 2 N–H and O–H groups in total. The van der Waals surface area contributed by atoms with Gasteiger partial charge in [0.1, 0.15) is 17.3 Å². The van der Waals surface area contributed by atoms with E-state index in [0.29, 0.717) is 22.5 Å². The standard InChI is InChI=1S/C23H16FNO2/c24-21-7-2-1-6-20(21)17-13-22(15-8-10-18(26)11-9-15)25-23(14-17)16-4-3-5-19(27)12-16/h1-14,26-27H. The van der Waals surface area contributed by atoms with E-state index in [1.54, 1.807) is 66.7 Å². The first-order valence-corrected chi connectivity index (χ1v) is 8.46. The van der Waals surface area contributed by atoms with Crippen LogP contribution in [0, 0.1) is 5.82 Å². The minimum Gasteiger partial charge on any atom is -0.508 e. The molecule has 0 fully saturated rings. The van der Waals surface area contributed by atoms with E-state index in [1.165, 1.54) is 6.07 Å². The van der Waals surface area contributed by atoms with Crippen LogP contribution in [0.25, 0.3) is 33.6 Å². The number of phenols is 2. The van der Waals surface area contributed by atoms with Crippen molar-refractivity contribution in [3.63, 3.8) is 0 Å². The molecule has 27 heavy (non-hydrogen) atoms. The van der Waals surface area contributed by atoms with Crippen molar-refractivity contribution in [2.24, 2.45) is 0 Å². The van der Waals surface area contributed by atoms with Crippen LogP contribution >= 0.6 is 0 Å². The molecule has 0 aliphatic heterocycles. The summed E-state index contributed by atoms with van der Waals surface area (Å²) in [5.74, 6) is -0.0174. The highest BCUT2D eigenvalue weighted by atomic mass is 19.1. The molecule has 0 bridgehead atoms. The average molecular weight is 357 g/mol. The molecule has 0 spiro atoms. The second-order valence-corrected chi connectivity index (χ2v) is 6.20. The summed E-state index contributed by atoms with van der Waals surface area (Å²) in [5.41, 5.74) is 3.95. The van der Waals surface area contributed by atoms with Crippen LogP contribution in [0.5, 0.6) is 11.5 Å². The number of hydrogen-bond acceptors (Lipinski definition) is 3. The zero-order valence-electron chi connectivity index (χ0n) is 14.3. The van der Waals surface area contributed by atoms with E-state index in [4.69, 9.17) is 0 Å². The predicted molar refractivity (Wildman–Crippen MR) is 104 cm³/mol. The van der Waals surface area contributed by atoms with Crippen LogP contribution in [0.3, 0.4) is 0 Å². The number of benzene rings is 3. The van der Waals surface area contributed by atoms with Gasteiger partial charge in [0.15, 0.2) is 0 Å². The fraction of sp³-hybridized carbons (Fsp3) is 0. The lowest BCUT2D eigenvalue weighted by molar-refractivity contribution is 0.475. The summed E-state index contributed by atoms with van der Waals surface area (Å²) in [7, 11) is 0. The van der Waals surface area contributed by atoms with Crippen molar-refractivity contribution in [2.45, 2.75) is 0 Å². The van der Waals surface area contributed by atoms with E-state index in [-0.39, 0.29) is 17.3 Å². The smallest absolute Gasteiger partial charge is 0.131 e. The van der Waals surface area contributed by atoms with Gasteiger partial charge in [-0.05, 0) is 60.2 Å².